The van der Waals surface area contributed by atoms with E-state index in [0.29, 0.717) is 32.1 Å². The molecule has 0 bridgehead atoms. The number of rotatable bonds is 23. The van der Waals surface area contributed by atoms with E-state index in [1.807, 2.05) is 20.8 Å². The number of nitrogens with zero attached hydrogens (tertiary/aromatic N) is 1. The number of ether oxygens (including phenoxy) is 16. The van der Waals surface area contributed by atoms with Gasteiger partial charge in [-0.3, -0.25) is 9.59 Å². The molecule has 43 nitrogen and oxygen atoms in total. The van der Waals surface area contributed by atoms with Crippen molar-refractivity contribution in [1.82, 2.24) is 4.90 Å². The number of likely N-dealkylation sites (N-methyl/N-ethyl adjacent to an activating group) is 1. The summed E-state index contributed by atoms with van der Waals surface area (Å²) in [6, 6.07) is -1.52. The summed E-state index contributed by atoms with van der Waals surface area (Å²) in [6.07, 6.45) is -59.3. The van der Waals surface area contributed by atoms with E-state index < -0.39 is 347 Å². The van der Waals surface area contributed by atoms with Gasteiger partial charge in [-0.05, 0) is 104 Å². The second-order valence-corrected chi connectivity index (χ2v) is 37.6. The Morgan fingerprint density at radius 2 is 1.17 bits per heavy atom. The molecule has 0 spiro atoms. The van der Waals surface area contributed by atoms with Crippen molar-refractivity contribution in [3.63, 3.8) is 0 Å². The van der Waals surface area contributed by atoms with E-state index in [2.05, 4.69) is 19.9 Å². The summed E-state index contributed by atoms with van der Waals surface area (Å²) in [5.41, 5.74) is -7.91. The third-order valence-electron chi connectivity index (χ3n) is 30.3. The van der Waals surface area contributed by atoms with Crippen LogP contribution in [0.15, 0.2) is 11.6 Å². The monoisotopic (exact) mass is 1740 g/mol. The molecule has 0 aromatic carbocycles. The Labute approximate surface area is 694 Å². The third-order valence-corrected chi connectivity index (χ3v) is 30.3. The normalized spacial score (nSPS) is 53.9. The summed E-state index contributed by atoms with van der Waals surface area (Å²) >= 11 is 0. The molecule has 21 unspecified atom stereocenters. The predicted octanol–water partition coefficient (Wildman–Crippen LogP) is -9.66. The van der Waals surface area contributed by atoms with Gasteiger partial charge < -0.3 is 198 Å². The Kier molecular flexibility index (Phi) is 26.8. The molecule has 5 aliphatic carbocycles. The molecule has 9 aliphatic heterocycles. The number of carbonyl (C=O) groups excluding carboxylic acids is 3. The van der Waals surface area contributed by atoms with Crippen LogP contribution < -0.4 is 0 Å². The Morgan fingerprint density at radius 3 is 1.82 bits per heavy atom. The number of carboxylic acid groups (broad SMARTS) is 1. The van der Waals surface area contributed by atoms with Crippen LogP contribution in [-0.4, -0.2) is 433 Å². The molecule has 0 aromatic rings. The number of fused-ring (bicyclic) bond motifs is 8. The van der Waals surface area contributed by atoms with E-state index in [-0.39, 0.29) is 31.6 Å². The van der Waals surface area contributed by atoms with Gasteiger partial charge in [0.1, 0.15) is 164 Å². The first kappa shape index (κ1) is 93.5. The van der Waals surface area contributed by atoms with Crippen LogP contribution in [0.3, 0.4) is 0 Å². The zero-order valence-corrected chi connectivity index (χ0v) is 68.1. The first-order valence-corrected chi connectivity index (χ1v) is 41.5. The number of carbonyl (C=O) groups is 4. The molecule has 121 heavy (non-hydrogen) atoms. The highest BCUT2D eigenvalue weighted by Crippen LogP contribution is 2.76. The van der Waals surface area contributed by atoms with Crippen molar-refractivity contribution in [3.8, 4) is 0 Å². The molecule has 690 valence electrons. The average molecular weight is 1740 g/mol. The lowest BCUT2D eigenvalue weighted by Gasteiger charge is -2.71. The Bertz CT molecular complexity index is 3700. The lowest BCUT2D eigenvalue weighted by Crippen LogP contribution is -2.84. The smallest absolute Gasteiger partial charge is 0.335 e. The maximum Gasteiger partial charge on any atom is 0.335 e. The van der Waals surface area contributed by atoms with Gasteiger partial charge in [0.2, 0.25) is 5.91 Å². The van der Waals surface area contributed by atoms with Crippen molar-refractivity contribution in [3.05, 3.63) is 11.6 Å². The number of esters is 1. The molecule has 22 N–H and O–H groups in total. The molecule has 0 radical (unpaired) electrons. The van der Waals surface area contributed by atoms with Gasteiger partial charge in [0.25, 0.3) is 5.79 Å². The summed E-state index contributed by atoms with van der Waals surface area (Å²) in [5.74, 6) is -8.31. The molecule has 4 saturated carbocycles. The minimum Gasteiger partial charge on any atom is -0.479 e. The molecule has 1 amide bonds. The minimum absolute atomic E-state index is 0.0339. The number of aliphatic hydroxyl groups excluding tert-OH is 20. The number of aliphatic carboxylic acids is 1. The molecule has 14 aliphatic rings. The van der Waals surface area contributed by atoms with Crippen LogP contribution in [0.25, 0.3) is 0 Å². The fraction of sp³-hybridized carbons (Fsp3) is 0.923. The first-order chi connectivity index (χ1) is 56.9. The van der Waals surface area contributed by atoms with Gasteiger partial charge in [-0.2, -0.15) is 0 Å². The molecular weight excluding hydrogens is 1620 g/mol. The molecule has 13 fully saturated rings. The number of allylic oxidation sites excluding steroid dienone is 2. The van der Waals surface area contributed by atoms with Crippen LogP contribution in [0.2, 0.25) is 0 Å². The topological polar surface area (TPSA) is 664 Å². The second kappa shape index (κ2) is 34.7. The zero-order valence-electron chi connectivity index (χ0n) is 68.1. The molecule has 43 heteroatoms. The molecule has 14 rings (SSSR count). The fourth-order valence-electron chi connectivity index (χ4n) is 22.9. The van der Waals surface area contributed by atoms with E-state index in [0.717, 1.165) is 16.8 Å². The zero-order chi connectivity index (χ0) is 88.2. The third kappa shape index (κ3) is 15.4. The van der Waals surface area contributed by atoms with E-state index >= 15 is 4.79 Å². The molecule has 0 aromatic heterocycles. The van der Waals surface area contributed by atoms with Gasteiger partial charge in [0.05, 0.1) is 76.0 Å². The van der Waals surface area contributed by atoms with Crippen LogP contribution >= 0.6 is 0 Å². The number of hydrogen-bond donors (Lipinski definition) is 22. The van der Waals surface area contributed by atoms with Gasteiger partial charge >= 0.3 is 11.9 Å². The summed E-state index contributed by atoms with van der Waals surface area (Å²) in [5, 5.41) is 245. The summed E-state index contributed by atoms with van der Waals surface area (Å²) in [4.78, 5) is 59.2. The van der Waals surface area contributed by atoms with Crippen LogP contribution in [-0.2, 0) is 95.0 Å². The van der Waals surface area contributed by atoms with Crippen molar-refractivity contribution < 1.29 is 207 Å². The first-order valence-electron chi connectivity index (χ1n) is 41.5. The van der Waals surface area contributed by atoms with Crippen molar-refractivity contribution in [2.45, 2.75) is 338 Å². The number of hydrogen-bond acceptors (Lipinski definition) is 41. The second-order valence-electron chi connectivity index (χ2n) is 37.6. The van der Waals surface area contributed by atoms with Crippen LogP contribution in [0.1, 0.15) is 106 Å². The van der Waals surface area contributed by atoms with Gasteiger partial charge in [-0.25, -0.2) is 4.79 Å². The Balaban J connectivity index is 0.757. The average Bonchev–Trinajstić information content (AvgIpc) is 1.00. The highest BCUT2D eigenvalue weighted by molar-refractivity contribution is 5.81. The Morgan fingerprint density at radius 1 is 0.562 bits per heavy atom. The predicted molar refractivity (Wildman–Crippen MR) is 391 cm³/mol. The van der Waals surface area contributed by atoms with Gasteiger partial charge in [-0.1, -0.05) is 53.2 Å². The maximum absolute atomic E-state index is 16.7. The van der Waals surface area contributed by atoms with E-state index in [4.69, 9.17) is 75.8 Å². The Hall–Kier alpha value is -3.62. The van der Waals surface area contributed by atoms with Gasteiger partial charge in [0, 0.05) is 7.05 Å². The van der Waals surface area contributed by atoms with Crippen molar-refractivity contribution >= 4 is 24.1 Å². The minimum atomic E-state index is -2.78. The van der Waals surface area contributed by atoms with E-state index in [1.54, 1.807) is 6.92 Å². The highest BCUT2D eigenvalue weighted by atomic mass is 16.8. The standard InChI is InChI=1S/C78H121NO42/c1-28-54(115-66-53(100)55(32(86)23-107-66)116-69-60(101)76(105,26-84)27-109-69)47(94)48(95)61(110-28)78(62-57(120-78)45(92)41(33(19-80)111-62)79(8)40(88)24-108-64-50(97)44(91)35(21-82)112-64)121-70(104)77-16-15-71(2,3)17-30(77)29-9-10-37-72(4)13-12-39(73(5,25-83)36(72)11-14-74(37,6)75(29,7)18-38(77)87)114-68-59(119-67-51(98)46(93)43(90)34(20-81)113-67)56(52(99)58(118-68)63(102)103)117-65-49(96)42(89)31(85)22-106-65/h9,25,28,30-39,41-62,64-69,80-82,84-87,89-101,105H,10-24,26-27H2,1-8H3,(H,102,103)/t28?,30?,31-,32-,33?,34?,35+,36-,37?,38?,39+,41+,42+,43+,44?,45?,46+,47?,48?,49?,50?,51?,52+,53?,54+,55?,56+,57?,58?,59?,60?,61-,62-,64-,65+,66+,67+,68-,69+,72?,73-,74+,75-,76-,77-,78?/m1/s1. The van der Waals surface area contributed by atoms with Crippen molar-refractivity contribution in [2.75, 3.05) is 59.9 Å². The number of carboxylic acids is 1. The lowest BCUT2D eigenvalue weighted by molar-refractivity contribution is -0.474. The van der Waals surface area contributed by atoms with Crippen LogP contribution in [0.4, 0.5) is 0 Å². The maximum atomic E-state index is 16.7. The van der Waals surface area contributed by atoms with Crippen molar-refractivity contribution in [1.29, 1.82) is 0 Å². The quantitative estimate of drug-likeness (QED) is 0.0195. The molecule has 9 heterocycles. The van der Waals surface area contributed by atoms with Crippen LogP contribution in [0, 0.1) is 50.2 Å². The van der Waals surface area contributed by atoms with E-state index in [1.165, 1.54) is 14.0 Å². The summed E-state index contributed by atoms with van der Waals surface area (Å²) in [7, 11) is 1.22. The largest absolute Gasteiger partial charge is 0.479 e. The molecule has 9 saturated heterocycles. The lowest BCUT2D eigenvalue weighted by atomic mass is 9.33. The molecule has 46 atom stereocenters. The van der Waals surface area contributed by atoms with Crippen molar-refractivity contribution in [2.24, 2.45) is 50.2 Å². The summed E-state index contributed by atoms with van der Waals surface area (Å²) in [6.45, 7) is 7.05. The number of aliphatic hydroxyl groups is 21. The van der Waals surface area contributed by atoms with Crippen LogP contribution in [0.5, 0.6) is 0 Å². The SMILES string of the molecule is CC1O[C@@H](C2(OC(=O)[C@]34CCC(C)(C)CC3C3=CCC5C6(C)CC[C@H](O[C@@H]7OC(C(=O)O)[C@@H](O)[C@H](O[C@@H]8OC[C@@H](O)[C@H](O)C8O)C7O[C@@H]7OC(CO)[C@H](O)[C@H](O)C7O)[C@](C)(C=O)[C@@H]6CC[C@]5(C)[C@]3(C)CC4O)OC3C(O)[C@@H](N(C)C(=O)CO[C@@H]4O[C@@H](CO)C(O)C4O)C(CO)O[C@H]32)C(O)C(O)[C@H]1O[C@@H]1OC[C@@H](O)C(O[C@@H]2OC[C@](O)(CO)C2O)C1O. The number of amides is 1. The van der Waals surface area contributed by atoms with Gasteiger partial charge in [0.15, 0.2) is 56.1 Å². The highest BCUT2D eigenvalue weighted by Gasteiger charge is 2.78. The molecular formula is C78H121NO42. The fourth-order valence-corrected chi connectivity index (χ4v) is 22.9. The van der Waals surface area contributed by atoms with Gasteiger partial charge in [-0.15, -0.1) is 0 Å². The number of aldehydes is 1. The van der Waals surface area contributed by atoms with E-state index in [9.17, 15) is 127 Å². The summed E-state index contributed by atoms with van der Waals surface area (Å²) < 4.78 is 96.9.